The molecule has 0 aromatic heterocycles. The van der Waals surface area contributed by atoms with E-state index in [2.05, 4.69) is 5.32 Å². The zero-order chi connectivity index (χ0) is 28.8. The summed E-state index contributed by atoms with van der Waals surface area (Å²) in [7, 11) is -4.28. The van der Waals surface area contributed by atoms with Crippen molar-refractivity contribution in [1.82, 2.24) is 10.2 Å². The molecule has 13 heteroatoms. The molecule has 0 bridgehead atoms. The van der Waals surface area contributed by atoms with Crippen molar-refractivity contribution in [2.24, 2.45) is 5.92 Å². The van der Waals surface area contributed by atoms with Gasteiger partial charge in [-0.2, -0.15) is 13.2 Å². The van der Waals surface area contributed by atoms with Gasteiger partial charge >= 0.3 is 6.18 Å². The molecule has 2 amide bonds. The zero-order valence-corrected chi connectivity index (χ0v) is 23.7. The van der Waals surface area contributed by atoms with E-state index in [0.29, 0.717) is 33.6 Å². The quantitative estimate of drug-likeness (QED) is 0.379. The van der Waals surface area contributed by atoms with Gasteiger partial charge in [0, 0.05) is 18.1 Å². The highest BCUT2D eigenvalue weighted by molar-refractivity contribution is 7.92. The minimum absolute atomic E-state index is 0.132. The molecule has 0 saturated carbocycles. The summed E-state index contributed by atoms with van der Waals surface area (Å²) >= 11 is 12.4. The Hall–Kier alpha value is -2.50. The van der Waals surface area contributed by atoms with Gasteiger partial charge in [-0.1, -0.05) is 62.2 Å². The second kappa shape index (κ2) is 13.0. The second-order valence-electron chi connectivity index (χ2n) is 9.11. The van der Waals surface area contributed by atoms with Gasteiger partial charge in [-0.05, 0) is 42.2 Å². The van der Waals surface area contributed by atoms with Gasteiger partial charge in [0.2, 0.25) is 21.8 Å². The topological polar surface area (TPSA) is 86.8 Å². The van der Waals surface area contributed by atoms with Gasteiger partial charge in [0.1, 0.15) is 12.6 Å². The van der Waals surface area contributed by atoms with Crippen LogP contribution in [0.2, 0.25) is 10.0 Å². The molecule has 0 radical (unpaired) electrons. The van der Waals surface area contributed by atoms with Crippen LogP contribution in [0.4, 0.5) is 18.9 Å². The molecule has 0 aliphatic heterocycles. The normalized spacial score (nSPS) is 12.8. The molecule has 0 fully saturated rings. The number of carbonyl (C=O) groups excluding carboxylic acids is 2. The fraction of sp³-hybridized carbons (Fsp3) is 0.440. The van der Waals surface area contributed by atoms with Crippen LogP contribution in [-0.4, -0.2) is 50.5 Å². The number of hydrogen-bond acceptors (Lipinski definition) is 4. The number of nitrogens with zero attached hydrogens (tertiary/aromatic N) is 2. The lowest BCUT2D eigenvalue weighted by Gasteiger charge is -2.33. The first kappa shape index (κ1) is 31.7. The number of halogens is 5. The summed E-state index contributed by atoms with van der Waals surface area (Å²) in [4.78, 5) is 27.9. The lowest BCUT2D eigenvalue weighted by atomic mass is 10.1. The largest absolute Gasteiger partial charge is 0.416 e. The summed E-state index contributed by atoms with van der Waals surface area (Å²) in [6.45, 7) is 4.80. The predicted octanol–water partition coefficient (Wildman–Crippen LogP) is 5.36. The average molecular weight is 596 g/mol. The molecular formula is C25H30Cl2F3N3O4S. The third-order valence-corrected chi connectivity index (χ3v) is 7.41. The molecular weight excluding hydrogens is 566 g/mol. The van der Waals surface area contributed by atoms with Gasteiger partial charge < -0.3 is 10.2 Å². The highest BCUT2D eigenvalue weighted by Gasteiger charge is 2.35. The van der Waals surface area contributed by atoms with Crippen LogP contribution in [0, 0.1) is 5.92 Å². The summed E-state index contributed by atoms with van der Waals surface area (Å²) in [6.07, 6.45) is -3.84. The van der Waals surface area contributed by atoms with Gasteiger partial charge in [0.05, 0.1) is 22.5 Å². The van der Waals surface area contributed by atoms with Crippen molar-refractivity contribution < 1.29 is 31.2 Å². The van der Waals surface area contributed by atoms with Crippen LogP contribution in [0.3, 0.4) is 0 Å². The van der Waals surface area contributed by atoms with Gasteiger partial charge in [0.25, 0.3) is 0 Å². The maximum atomic E-state index is 13.7. The molecule has 2 rings (SSSR count). The molecule has 2 aromatic carbocycles. The molecule has 210 valence electrons. The molecule has 0 spiro atoms. The Balaban J connectivity index is 2.54. The van der Waals surface area contributed by atoms with Crippen molar-refractivity contribution in [3.05, 3.63) is 63.6 Å². The van der Waals surface area contributed by atoms with Crippen molar-refractivity contribution in [2.75, 3.05) is 23.7 Å². The number of hydrogen-bond donors (Lipinski definition) is 1. The summed E-state index contributed by atoms with van der Waals surface area (Å²) < 4.78 is 65.9. The Morgan fingerprint density at radius 3 is 2.21 bits per heavy atom. The molecule has 1 N–H and O–H groups in total. The first-order chi connectivity index (χ1) is 17.6. The van der Waals surface area contributed by atoms with E-state index in [4.69, 9.17) is 23.2 Å². The zero-order valence-electron chi connectivity index (χ0n) is 21.4. The van der Waals surface area contributed by atoms with Crippen LogP contribution < -0.4 is 9.62 Å². The molecule has 0 aliphatic carbocycles. The van der Waals surface area contributed by atoms with E-state index >= 15 is 0 Å². The number of sulfonamides is 1. The minimum atomic E-state index is -4.77. The number of amides is 2. The fourth-order valence-corrected chi connectivity index (χ4v) is 4.95. The minimum Gasteiger partial charge on any atom is -0.354 e. The van der Waals surface area contributed by atoms with Crippen LogP contribution in [0.5, 0.6) is 0 Å². The van der Waals surface area contributed by atoms with E-state index < -0.39 is 51.9 Å². The fourth-order valence-electron chi connectivity index (χ4n) is 3.63. The van der Waals surface area contributed by atoms with Crippen molar-refractivity contribution in [2.45, 2.75) is 46.0 Å². The Kier molecular flexibility index (Phi) is 10.9. The third kappa shape index (κ3) is 8.51. The number of carbonyl (C=O) groups is 2. The number of anilines is 1. The molecule has 38 heavy (non-hydrogen) atoms. The Labute approximate surface area is 230 Å². The van der Waals surface area contributed by atoms with Crippen LogP contribution in [0.25, 0.3) is 0 Å². The maximum absolute atomic E-state index is 13.7. The number of alkyl halides is 3. The lowest BCUT2D eigenvalue weighted by Crippen LogP contribution is -2.52. The third-order valence-electron chi connectivity index (χ3n) is 5.59. The van der Waals surface area contributed by atoms with Gasteiger partial charge in [-0.15, -0.1) is 0 Å². The molecule has 1 atom stereocenters. The predicted molar refractivity (Wildman–Crippen MR) is 143 cm³/mol. The molecule has 0 heterocycles. The molecule has 2 aromatic rings. The summed E-state index contributed by atoms with van der Waals surface area (Å²) in [6, 6.07) is 7.82. The van der Waals surface area contributed by atoms with Crippen molar-refractivity contribution in [3.8, 4) is 0 Å². The maximum Gasteiger partial charge on any atom is 0.416 e. The van der Waals surface area contributed by atoms with Crippen LogP contribution in [0.1, 0.15) is 38.3 Å². The Morgan fingerprint density at radius 1 is 1.05 bits per heavy atom. The number of rotatable bonds is 11. The highest BCUT2D eigenvalue weighted by Crippen LogP contribution is 2.36. The smallest absolute Gasteiger partial charge is 0.354 e. The van der Waals surface area contributed by atoms with E-state index in [1.807, 2.05) is 13.8 Å². The SMILES string of the molecule is CC[C@H](C(=O)NCC(C)C)N(Cc1ccccc1Cl)C(=O)CN(c1cc(C(F)(F)F)ccc1Cl)S(C)(=O)=O. The molecule has 0 aliphatic rings. The monoisotopic (exact) mass is 595 g/mol. The summed E-state index contributed by atoms with van der Waals surface area (Å²) in [5, 5.41) is 2.80. The first-order valence-corrected chi connectivity index (χ1v) is 14.3. The van der Waals surface area contributed by atoms with E-state index in [1.54, 1.807) is 31.2 Å². The van der Waals surface area contributed by atoms with Crippen LogP contribution in [-0.2, 0) is 32.3 Å². The van der Waals surface area contributed by atoms with E-state index in [0.717, 1.165) is 12.3 Å². The number of nitrogens with one attached hydrogen (secondary N) is 1. The van der Waals surface area contributed by atoms with Crippen LogP contribution in [0.15, 0.2) is 42.5 Å². The second-order valence-corrected chi connectivity index (χ2v) is 11.8. The number of benzene rings is 2. The average Bonchev–Trinajstić information content (AvgIpc) is 2.81. The van der Waals surface area contributed by atoms with E-state index in [1.165, 1.54) is 4.90 Å². The van der Waals surface area contributed by atoms with E-state index in [9.17, 15) is 31.2 Å². The summed E-state index contributed by atoms with van der Waals surface area (Å²) in [5.41, 5.74) is -1.14. The molecule has 0 unspecified atom stereocenters. The first-order valence-electron chi connectivity index (χ1n) is 11.7. The Bertz CT molecular complexity index is 1260. The Morgan fingerprint density at radius 2 is 1.68 bits per heavy atom. The van der Waals surface area contributed by atoms with Gasteiger partial charge in [-0.25, -0.2) is 8.42 Å². The van der Waals surface area contributed by atoms with Crippen molar-refractivity contribution >= 4 is 50.7 Å². The van der Waals surface area contributed by atoms with E-state index in [-0.39, 0.29) is 23.9 Å². The lowest BCUT2D eigenvalue weighted by molar-refractivity contribution is -0.140. The van der Waals surface area contributed by atoms with Crippen molar-refractivity contribution in [1.29, 1.82) is 0 Å². The van der Waals surface area contributed by atoms with Gasteiger partial charge in [-0.3, -0.25) is 13.9 Å². The molecule has 0 saturated heterocycles. The van der Waals surface area contributed by atoms with Crippen LogP contribution >= 0.6 is 23.2 Å². The summed E-state index contributed by atoms with van der Waals surface area (Å²) in [5.74, 6) is -1.15. The van der Waals surface area contributed by atoms with Crippen molar-refractivity contribution in [3.63, 3.8) is 0 Å². The standard InChI is InChI=1S/C25H30Cl2F3N3O4S/c1-5-21(24(35)31-13-16(2)3)32(14-17-8-6-7-9-19(17)26)23(34)15-33(38(4,36)37)22-12-18(25(28,29)30)10-11-20(22)27/h6-12,16,21H,5,13-15H2,1-4H3,(H,31,35)/t21-/m1/s1. The van der Waals surface area contributed by atoms with Gasteiger partial charge in [0.15, 0.2) is 0 Å². The molecule has 7 nitrogen and oxygen atoms in total. The highest BCUT2D eigenvalue weighted by atomic mass is 35.5.